The molecule has 0 radical (unpaired) electrons. The summed E-state index contributed by atoms with van der Waals surface area (Å²) < 4.78 is 0. The van der Waals surface area contributed by atoms with Gasteiger partial charge in [-0.15, -0.1) is 0 Å². The van der Waals surface area contributed by atoms with Crippen LogP contribution in [0.25, 0.3) is 0 Å². The highest BCUT2D eigenvalue weighted by atomic mass is 16.2. The fourth-order valence-electron chi connectivity index (χ4n) is 3.47. The minimum absolute atomic E-state index is 0.0963. The van der Waals surface area contributed by atoms with Gasteiger partial charge in [0.1, 0.15) is 0 Å². The molecule has 23 heavy (non-hydrogen) atoms. The molecule has 1 aromatic rings. The predicted octanol–water partition coefficient (Wildman–Crippen LogP) is 1.32. The molecular formula is C17H27N5O. The Balaban J connectivity index is 1.49. The SMILES string of the molecule is CCN1CC[C@@H](NC(=O)N2CCN(c3ccncc3C)CC2)C1. The van der Waals surface area contributed by atoms with E-state index in [1.807, 2.05) is 17.3 Å². The summed E-state index contributed by atoms with van der Waals surface area (Å²) in [4.78, 5) is 23.2. The van der Waals surface area contributed by atoms with Crippen LogP contribution in [-0.4, -0.2) is 72.7 Å². The van der Waals surface area contributed by atoms with E-state index in [-0.39, 0.29) is 6.03 Å². The number of aromatic nitrogens is 1. The first-order valence-corrected chi connectivity index (χ1v) is 8.60. The van der Waals surface area contributed by atoms with Crippen molar-refractivity contribution in [3.63, 3.8) is 0 Å². The number of pyridine rings is 1. The van der Waals surface area contributed by atoms with E-state index in [0.717, 1.165) is 52.2 Å². The molecule has 0 spiro atoms. The molecule has 0 aliphatic carbocycles. The average molecular weight is 317 g/mol. The van der Waals surface area contributed by atoms with Crippen molar-refractivity contribution in [1.82, 2.24) is 20.1 Å². The van der Waals surface area contributed by atoms with Gasteiger partial charge in [0.2, 0.25) is 0 Å². The molecular weight excluding hydrogens is 290 g/mol. The number of likely N-dealkylation sites (N-methyl/N-ethyl adjacent to an activating group) is 1. The maximum Gasteiger partial charge on any atom is 0.317 e. The normalized spacial score (nSPS) is 22.4. The van der Waals surface area contributed by atoms with E-state index in [1.165, 1.54) is 11.3 Å². The first-order chi connectivity index (χ1) is 11.2. The molecule has 0 unspecified atom stereocenters. The van der Waals surface area contributed by atoms with Gasteiger partial charge in [0.15, 0.2) is 0 Å². The number of hydrogen-bond acceptors (Lipinski definition) is 4. The molecule has 0 aromatic carbocycles. The molecule has 2 aliphatic heterocycles. The summed E-state index contributed by atoms with van der Waals surface area (Å²) in [7, 11) is 0. The maximum absolute atomic E-state index is 12.4. The highest BCUT2D eigenvalue weighted by molar-refractivity contribution is 5.75. The second-order valence-electron chi connectivity index (χ2n) is 6.46. The van der Waals surface area contributed by atoms with Gasteiger partial charge in [0.05, 0.1) is 0 Å². The molecule has 126 valence electrons. The molecule has 1 aromatic heterocycles. The Morgan fingerprint density at radius 2 is 2.09 bits per heavy atom. The van der Waals surface area contributed by atoms with Crippen molar-refractivity contribution in [3.05, 3.63) is 24.0 Å². The molecule has 0 bridgehead atoms. The van der Waals surface area contributed by atoms with Crippen LogP contribution in [0.15, 0.2) is 18.5 Å². The molecule has 2 fully saturated rings. The summed E-state index contributed by atoms with van der Waals surface area (Å²) in [5.74, 6) is 0. The van der Waals surface area contributed by atoms with Crippen molar-refractivity contribution in [1.29, 1.82) is 0 Å². The Bertz CT molecular complexity index is 542. The lowest BCUT2D eigenvalue weighted by atomic mass is 10.2. The first kappa shape index (κ1) is 16.1. The Labute approximate surface area is 138 Å². The van der Waals surface area contributed by atoms with Gasteiger partial charge in [0, 0.05) is 63.4 Å². The van der Waals surface area contributed by atoms with Gasteiger partial charge in [-0.05, 0) is 31.5 Å². The van der Waals surface area contributed by atoms with Crippen molar-refractivity contribution >= 4 is 11.7 Å². The van der Waals surface area contributed by atoms with Gasteiger partial charge in [-0.3, -0.25) is 4.98 Å². The van der Waals surface area contributed by atoms with Crippen LogP contribution >= 0.6 is 0 Å². The lowest BCUT2D eigenvalue weighted by molar-refractivity contribution is 0.190. The van der Waals surface area contributed by atoms with Gasteiger partial charge in [-0.25, -0.2) is 4.79 Å². The van der Waals surface area contributed by atoms with Crippen LogP contribution < -0.4 is 10.2 Å². The van der Waals surface area contributed by atoms with E-state index >= 15 is 0 Å². The predicted molar refractivity (Wildman–Crippen MR) is 91.8 cm³/mol. The fraction of sp³-hybridized carbons (Fsp3) is 0.647. The van der Waals surface area contributed by atoms with E-state index < -0.39 is 0 Å². The van der Waals surface area contributed by atoms with Crippen LogP contribution in [0.4, 0.5) is 10.5 Å². The summed E-state index contributed by atoms with van der Waals surface area (Å²) >= 11 is 0. The summed E-state index contributed by atoms with van der Waals surface area (Å²) in [6, 6.07) is 2.46. The Kier molecular flexibility index (Phi) is 5.00. The van der Waals surface area contributed by atoms with Crippen LogP contribution in [0.3, 0.4) is 0 Å². The molecule has 2 amide bonds. The number of anilines is 1. The van der Waals surface area contributed by atoms with Crippen molar-refractivity contribution in [2.75, 3.05) is 50.7 Å². The largest absolute Gasteiger partial charge is 0.368 e. The molecule has 6 heteroatoms. The Morgan fingerprint density at radius 3 is 2.74 bits per heavy atom. The number of nitrogens with one attached hydrogen (secondary N) is 1. The molecule has 0 saturated carbocycles. The van der Waals surface area contributed by atoms with Gasteiger partial charge in [0.25, 0.3) is 0 Å². The number of carbonyl (C=O) groups excluding carboxylic acids is 1. The van der Waals surface area contributed by atoms with Crippen molar-refractivity contribution < 1.29 is 4.79 Å². The highest BCUT2D eigenvalue weighted by Gasteiger charge is 2.27. The van der Waals surface area contributed by atoms with E-state index in [9.17, 15) is 4.79 Å². The third-order valence-corrected chi connectivity index (χ3v) is 4.95. The summed E-state index contributed by atoms with van der Waals surface area (Å²) in [6.07, 6.45) is 4.80. The molecule has 1 atom stereocenters. The number of carbonyl (C=O) groups is 1. The smallest absolute Gasteiger partial charge is 0.317 e. The third-order valence-electron chi connectivity index (χ3n) is 4.95. The van der Waals surface area contributed by atoms with E-state index in [4.69, 9.17) is 0 Å². The number of rotatable bonds is 3. The van der Waals surface area contributed by atoms with E-state index in [1.54, 1.807) is 0 Å². The molecule has 2 saturated heterocycles. The monoisotopic (exact) mass is 317 g/mol. The second-order valence-corrected chi connectivity index (χ2v) is 6.46. The van der Waals surface area contributed by atoms with Gasteiger partial charge >= 0.3 is 6.03 Å². The lowest BCUT2D eigenvalue weighted by Crippen LogP contribution is -2.54. The summed E-state index contributed by atoms with van der Waals surface area (Å²) in [5.41, 5.74) is 2.42. The minimum Gasteiger partial charge on any atom is -0.368 e. The minimum atomic E-state index is 0.0963. The molecule has 6 nitrogen and oxygen atoms in total. The summed E-state index contributed by atoms with van der Waals surface area (Å²) in [6.45, 7) is 10.7. The fourth-order valence-corrected chi connectivity index (χ4v) is 3.47. The summed E-state index contributed by atoms with van der Waals surface area (Å²) in [5, 5.41) is 3.20. The zero-order chi connectivity index (χ0) is 16.2. The number of urea groups is 1. The molecule has 1 N–H and O–H groups in total. The van der Waals surface area contributed by atoms with Crippen molar-refractivity contribution in [2.45, 2.75) is 26.3 Å². The number of likely N-dealkylation sites (tertiary alicyclic amines) is 1. The van der Waals surface area contributed by atoms with Crippen LogP contribution in [-0.2, 0) is 0 Å². The third kappa shape index (κ3) is 3.75. The second kappa shape index (κ2) is 7.17. The average Bonchev–Trinajstić information content (AvgIpc) is 3.03. The Hall–Kier alpha value is -1.82. The number of piperazine rings is 1. The van der Waals surface area contributed by atoms with Crippen LogP contribution in [0.5, 0.6) is 0 Å². The number of nitrogens with zero attached hydrogens (tertiary/aromatic N) is 4. The van der Waals surface area contributed by atoms with Crippen LogP contribution in [0.2, 0.25) is 0 Å². The zero-order valence-corrected chi connectivity index (χ0v) is 14.2. The number of hydrogen-bond donors (Lipinski definition) is 1. The lowest BCUT2D eigenvalue weighted by Gasteiger charge is -2.37. The van der Waals surface area contributed by atoms with Crippen molar-refractivity contribution in [2.24, 2.45) is 0 Å². The molecule has 3 heterocycles. The van der Waals surface area contributed by atoms with Gasteiger partial charge in [-0.1, -0.05) is 6.92 Å². The maximum atomic E-state index is 12.4. The van der Waals surface area contributed by atoms with Crippen LogP contribution in [0, 0.1) is 6.92 Å². The zero-order valence-electron chi connectivity index (χ0n) is 14.2. The standard InChI is InChI=1S/C17H27N5O/c1-3-20-7-5-15(13-20)19-17(23)22-10-8-21(9-11-22)16-4-6-18-12-14(16)2/h4,6,12,15H,3,5,7-11,13H2,1-2H3,(H,19,23)/t15-/m1/s1. The van der Waals surface area contributed by atoms with Gasteiger partial charge < -0.3 is 20.0 Å². The number of aryl methyl sites for hydroxylation is 1. The van der Waals surface area contributed by atoms with Gasteiger partial charge in [-0.2, -0.15) is 0 Å². The number of amides is 2. The Morgan fingerprint density at radius 1 is 1.30 bits per heavy atom. The van der Waals surface area contributed by atoms with E-state index in [0.29, 0.717) is 6.04 Å². The van der Waals surface area contributed by atoms with Crippen LogP contribution in [0.1, 0.15) is 18.9 Å². The molecule has 2 aliphatic rings. The highest BCUT2D eigenvalue weighted by Crippen LogP contribution is 2.20. The quantitative estimate of drug-likeness (QED) is 0.913. The topological polar surface area (TPSA) is 51.7 Å². The van der Waals surface area contributed by atoms with E-state index in [2.05, 4.69) is 40.0 Å². The first-order valence-electron chi connectivity index (χ1n) is 8.60. The van der Waals surface area contributed by atoms with Crippen molar-refractivity contribution in [3.8, 4) is 0 Å². The molecule has 3 rings (SSSR count).